The van der Waals surface area contributed by atoms with Crippen molar-refractivity contribution in [3.8, 4) is 11.1 Å². The van der Waals surface area contributed by atoms with Gasteiger partial charge in [-0.15, -0.1) is 11.3 Å². The standard InChI is InChI=1S/C37H27N3O2S2/c1-20-16-21(2)32(22(3)17-20)40-31-15-9-8-14-29(31)37(27-12-6-4-10-24(27)25-11-5-7-13-28(25)37)30-19-23(44-35(30)40)18-26-33(41)38-36(43)39-34(26)42/h4-19H,1-3H3,(H2,38,39,41,42,43). The number of carbonyl (C=O) groups excluding carboxylic acids is 2. The van der Waals surface area contributed by atoms with Gasteiger partial charge in [-0.25, -0.2) is 0 Å². The topological polar surface area (TPSA) is 61.4 Å². The van der Waals surface area contributed by atoms with Crippen LogP contribution in [0.5, 0.6) is 0 Å². The number of amides is 2. The van der Waals surface area contributed by atoms with Crippen LogP contribution >= 0.6 is 23.6 Å². The second-order valence-electron chi connectivity index (χ2n) is 11.6. The molecule has 3 heterocycles. The summed E-state index contributed by atoms with van der Waals surface area (Å²) in [6.45, 7) is 6.46. The number of anilines is 3. The summed E-state index contributed by atoms with van der Waals surface area (Å²) in [7, 11) is 0. The van der Waals surface area contributed by atoms with E-state index in [0.29, 0.717) is 0 Å². The Labute approximate surface area is 264 Å². The molecule has 44 heavy (non-hydrogen) atoms. The van der Waals surface area contributed by atoms with Crippen LogP contribution in [0.4, 0.5) is 16.4 Å². The smallest absolute Gasteiger partial charge is 0.263 e. The van der Waals surface area contributed by atoms with Crippen molar-refractivity contribution in [1.29, 1.82) is 0 Å². The molecule has 1 saturated heterocycles. The lowest BCUT2D eigenvalue weighted by Crippen LogP contribution is -2.51. The van der Waals surface area contributed by atoms with Gasteiger partial charge in [0.05, 0.1) is 16.8 Å². The number of hydrogen-bond acceptors (Lipinski definition) is 5. The molecule has 8 rings (SSSR count). The number of thiocarbonyl (C=S) groups is 1. The molecule has 0 saturated carbocycles. The molecule has 5 nitrogen and oxygen atoms in total. The van der Waals surface area contributed by atoms with E-state index < -0.39 is 17.2 Å². The zero-order valence-corrected chi connectivity index (χ0v) is 26.0. The van der Waals surface area contributed by atoms with Gasteiger partial charge in [0.25, 0.3) is 11.8 Å². The van der Waals surface area contributed by atoms with E-state index >= 15 is 0 Å². The van der Waals surface area contributed by atoms with Crippen molar-refractivity contribution >= 4 is 62.9 Å². The molecule has 1 aromatic heterocycles. The number of fused-ring (bicyclic) bond motifs is 9. The van der Waals surface area contributed by atoms with Gasteiger partial charge < -0.3 is 4.90 Å². The quantitative estimate of drug-likeness (QED) is 0.120. The normalized spacial score (nSPS) is 15.8. The first-order valence-corrected chi connectivity index (χ1v) is 15.7. The first-order chi connectivity index (χ1) is 21.3. The van der Waals surface area contributed by atoms with Crippen LogP contribution in [0.1, 0.15) is 43.8 Å². The first kappa shape index (κ1) is 26.8. The lowest BCUT2D eigenvalue weighted by molar-refractivity contribution is -0.123. The molecule has 3 aliphatic rings. The van der Waals surface area contributed by atoms with Crippen molar-refractivity contribution in [3.05, 3.63) is 140 Å². The van der Waals surface area contributed by atoms with E-state index in [9.17, 15) is 9.59 Å². The van der Waals surface area contributed by atoms with Crippen molar-refractivity contribution < 1.29 is 9.59 Å². The van der Waals surface area contributed by atoms with Gasteiger partial charge in [0.1, 0.15) is 10.6 Å². The molecule has 1 fully saturated rings. The van der Waals surface area contributed by atoms with Gasteiger partial charge in [-0.2, -0.15) is 0 Å². The van der Waals surface area contributed by atoms with Gasteiger partial charge in [-0.05, 0) is 90.1 Å². The Kier molecular flexibility index (Phi) is 5.82. The molecule has 7 heteroatoms. The number of nitrogens with zero attached hydrogens (tertiary/aromatic N) is 1. The van der Waals surface area contributed by atoms with Crippen LogP contribution in [0.25, 0.3) is 17.2 Å². The number of thiophene rings is 1. The minimum atomic E-state index is -0.589. The maximum Gasteiger partial charge on any atom is 0.263 e. The zero-order chi connectivity index (χ0) is 30.3. The SMILES string of the molecule is Cc1cc(C)c(N2c3ccccc3C3(c4ccccc4-c4ccccc43)c3cc(C=C4C(=O)NC(=S)NC4=O)sc32)c(C)c1. The van der Waals surface area contributed by atoms with Crippen molar-refractivity contribution in [3.63, 3.8) is 0 Å². The molecule has 0 unspecified atom stereocenters. The number of nitrogens with one attached hydrogen (secondary N) is 2. The maximum atomic E-state index is 12.9. The predicted molar refractivity (Wildman–Crippen MR) is 181 cm³/mol. The van der Waals surface area contributed by atoms with E-state index in [4.69, 9.17) is 12.2 Å². The van der Waals surface area contributed by atoms with Crippen LogP contribution in [0.2, 0.25) is 0 Å². The Morgan fingerprint density at radius 3 is 1.89 bits per heavy atom. The van der Waals surface area contributed by atoms with E-state index in [-0.39, 0.29) is 10.7 Å². The third kappa shape index (κ3) is 3.60. The Morgan fingerprint density at radius 1 is 0.727 bits per heavy atom. The Bertz CT molecular complexity index is 2050. The Balaban J connectivity index is 1.49. The summed E-state index contributed by atoms with van der Waals surface area (Å²) in [5.41, 5.74) is 12.5. The third-order valence-corrected chi connectivity index (χ3v) is 10.2. The molecule has 2 amide bonds. The van der Waals surface area contributed by atoms with Crippen LogP contribution in [0.3, 0.4) is 0 Å². The van der Waals surface area contributed by atoms with Crippen molar-refractivity contribution in [2.45, 2.75) is 26.2 Å². The van der Waals surface area contributed by atoms with Crippen LogP contribution in [0.15, 0.2) is 96.6 Å². The Morgan fingerprint density at radius 2 is 1.27 bits per heavy atom. The van der Waals surface area contributed by atoms with E-state index in [2.05, 4.69) is 127 Å². The average molecular weight is 610 g/mol. The number of rotatable bonds is 2. The number of benzene rings is 4. The lowest BCUT2D eigenvalue weighted by atomic mass is 9.66. The van der Waals surface area contributed by atoms with Crippen LogP contribution < -0.4 is 15.5 Å². The van der Waals surface area contributed by atoms with Crippen LogP contribution in [-0.2, 0) is 15.0 Å². The number of para-hydroxylation sites is 1. The van der Waals surface area contributed by atoms with Crippen molar-refractivity contribution in [2.75, 3.05) is 4.90 Å². The minimum absolute atomic E-state index is 0.0210. The first-order valence-electron chi connectivity index (χ1n) is 14.5. The highest BCUT2D eigenvalue weighted by Gasteiger charge is 2.52. The predicted octanol–water partition coefficient (Wildman–Crippen LogP) is 7.73. The molecular weight excluding hydrogens is 583 g/mol. The molecule has 4 aromatic carbocycles. The molecule has 214 valence electrons. The van der Waals surface area contributed by atoms with Gasteiger partial charge in [0, 0.05) is 10.4 Å². The van der Waals surface area contributed by atoms with Crippen LogP contribution in [-0.4, -0.2) is 16.9 Å². The van der Waals surface area contributed by atoms with Gasteiger partial charge >= 0.3 is 0 Å². The monoisotopic (exact) mass is 609 g/mol. The number of hydrogen-bond donors (Lipinski definition) is 2. The summed E-state index contributed by atoms with van der Waals surface area (Å²) in [6.07, 6.45) is 1.69. The minimum Gasteiger partial charge on any atom is -0.301 e. The molecule has 1 aliphatic carbocycles. The third-order valence-electron chi connectivity index (χ3n) is 8.93. The summed E-state index contributed by atoms with van der Waals surface area (Å²) >= 11 is 6.63. The molecule has 1 spiro atoms. The highest BCUT2D eigenvalue weighted by molar-refractivity contribution is 7.80. The van der Waals surface area contributed by atoms with Gasteiger partial charge in [-0.1, -0.05) is 84.4 Å². The molecule has 5 aromatic rings. The highest BCUT2D eigenvalue weighted by atomic mass is 32.1. The van der Waals surface area contributed by atoms with E-state index in [1.165, 1.54) is 44.5 Å². The van der Waals surface area contributed by atoms with E-state index in [1.54, 1.807) is 17.4 Å². The van der Waals surface area contributed by atoms with E-state index in [1.807, 2.05) is 0 Å². The molecule has 0 atom stereocenters. The van der Waals surface area contributed by atoms with Gasteiger partial charge in [0.15, 0.2) is 5.11 Å². The summed E-state index contributed by atoms with van der Waals surface area (Å²) < 4.78 is 0. The second-order valence-corrected chi connectivity index (χ2v) is 13.1. The highest BCUT2D eigenvalue weighted by Crippen LogP contribution is 2.65. The molecule has 0 bridgehead atoms. The number of carbonyl (C=O) groups is 2. The summed E-state index contributed by atoms with van der Waals surface area (Å²) in [5.74, 6) is -0.997. The molecule has 2 aliphatic heterocycles. The fraction of sp³-hybridized carbons (Fsp3) is 0.108. The summed E-state index contributed by atoms with van der Waals surface area (Å²) in [4.78, 5) is 29.0. The molecule has 2 N–H and O–H groups in total. The average Bonchev–Trinajstić information content (AvgIpc) is 3.54. The lowest BCUT2D eigenvalue weighted by Gasteiger charge is -2.44. The van der Waals surface area contributed by atoms with Crippen molar-refractivity contribution in [2.24, 2.45) is 0 Å². The van der Waals surface area contributed by atoms with Gasteiger partial charge in [-0.3, -0.25) is 20.2 Å². The second kappa shape index (κ2) is 9.58. The molecular formula is C37H27N3O2S2. The van der Waals surface area contributed by atoms with Crippen LogP contribution in [0, 0.1) is 20.8 Å². The maximum absolute atomic E-state index is 12.9. The fourth-order valence-corrected chi connectivity index (χ4v) is 8.82. The largest absolute Gasteiger partial charge is 0.301 e. The molecule has 0 radical (unpaired) electrons. The Hall–Kier alpha value is -4.85. The number of aryl methyl sites for hydroxylation is 3. The van der Waals surface area contributed by atoms with Gasteiger partial charge in [0.2, 0.25) is 0 Å². The van der Waals surface area contributed by atoms with Crippen molar-refractivity contribution in [1.82, 2.24) is 10.6 Å². The zero-order valence-electron chi connectivity index (χ0n) is 24.3. The van der Waals surface area contributed by atoms with E-state index in [0.717, 1.165) is 26.8 Å². The summed E-state index contributed by atoms with van der Waals surface area (Å²) in [6, 6.07) is 32.6. The fourth-order valence-electron chi connectivity index (χ4n) is 7.46. The summed E-state index contributed by atoms with van der Waals surface area (Å²) in [5, 5.41) is 6.22.